The summed E-state index contributed by atoms with van der Waals surface area (Å²) >= 11 is 1.34. The minimum Gasteiger partial charge on any atom is -0.389 e. The van der Waals surface area contributed by atoms with Crippen LogP contribution in [0.25, 0.3) is 0 Å². The van der Waals surface area contributed by atoms with Crippen LogP contribution in [-0.2, 0) is 0 Å². The molecule has 1 N–H and O–H groups in total. The lowest BCUT2D eigenvalue weighted by Gasteiger charge is -2.06. The Labute approximate surface area is 108 Å². The maximum absolute atomic E-state index is 13.0. The van der Waals surface area contributed by atoms with E-state index in [0.29, 0.717) is 4.90 Å². The van der Waals surface area contributed by atoms with E-state index < -0.39 is 17.7 Å². The number of aliphatic hydroxyl groups excluding tert-OH is 1. The molecular formula is C14H12F2OS. The molecule has 2 rings (SSSR count). The van der Waals surface area contributed by atoms with Crippen molar-refractivity contribution in [3.05, 3.63) is 59.7 Å². The van der Waals surface area contributed by atoms with E-state index in [1.165, 1.54) is 23.9 Å². The van der Waals surface area contributed by atoms with Gasteiger partial charge < -0.3 is 5.11 Å². The Morgan fingerprint density at radius 2 is 1.56 bits per heavy atom. The van der Waals surface area contributed by atoms with Crippen molar-refractivity contribution in [3.8, 4) is 0 Å². The molecule has 0 aromatic heterocycles. The molecule has 0 aliphatic carbocycles. The van der Waals surface area contributed by atoms with Crippen molar-refractivity contribution in [2.75, 3.05) is 0 Å². The van der Waals surface area contributed by atoms with E-state index in [-0.39, 0.29) is 0 Å². The zero-order chi connectivity index (χ0) is 13.1. The molecule has 0 saturated heterocycles. The summed E-state index contributed by atoms with van der Waals surface area (Å²) in [6, 6.07) is 11.1. The van der Waals surface area contributed by atoms with Gasteiger partial charge in [-0.05, 0) is 42.8 Å². The summed E-state index contributed by atoms with van der Waals surface area (Å²) in [6.45, 7) is 1.69. The third-order valence-electron chi connectivity index (χ3n) is 2.49. The monoisotopic (exact) mass is 266 g/mol. The van der Waals surface area contributed by atoms with Crippen LogP contribution < -0.4 is 0 Å². The van der Waals surface area contributed by atoms with Crippen LogP contribution in [0.1, 0.15) is 18.6 Å². The summed E-state index contributed by atoms with van der Waals surface area (Å²) in [5.74, 6) is -1.69. The Balaban J connectivity index is 2.15. The molecule has 0 heterocycles. The van der Waals surface area contributed by atoms with E-state index in [0.717, 1.165) is 16.5 Å². The molecule has 0 spiro atoms. The highest BCUT2D eigenvalue weighted by atomic mass is 32.2. The highest BCUT2D eigenvalue weighted by Crippen LogP contribution is 2.29. The van der Waals surface area contributed by atoms with Gasteiger partial charge >= 0.3 is 0 Å². The molecule has 2 aromatic carbocycles. The average molecular weight is 266 g/mol. The maximum Gasteiger partial charge on any atom is 0.159 e. The van der Waals surface area contributed by atoms with Crippen molar-refractivity contribution in [2.45, 2.75) is 22.8 Å². The molecule has 0 fully saturated rings. The molecule has 0 saturated carbocycles. The van der Waals surface area contributed by atoms with Crippen molar-refractivity contribution in [2.24, 2.45) is 0 Å². The van der Waals surface area contributed by atoms with Crippen LogP contribution in [0.2, 0.25) is 0 Å². The summed E-state index contributed by atoms with van der Waals surface area (Å²) in [5, 5.41) is 9.37. The third-order valence-corrected chi connectivity index (χ3v) is 3.49. The van der Waals surface area contributed by atoms with Crippen molar-refractivity contribution in [3.63, 3.8) is 0 Å². The number of halogens is 2. The first-order chi connectivity index (χ1) is 8.56. The molecule has 94 valence electrons. The number of hydrogen-bond acceptors (Lipinski definition) is 2. The fraction of sp³-hybridized carbons (Fsp3) is 0.143. The fourth-order valence-corrected chi connectivity index (χ4v) is 2.33. The minimum absolute atomic E-state index is 0.507. The van der Waals surface area contributed by atoms with Gasteiger partial charge in [0.2, 0.25) is 0 Å². The van der Waals surface area contributed by atoms with Crippen LogP contribution in [0.5, 0.6) is 0 Å². The second-order valence-electron chi connectivity index (χ2n) is 3.92. The van der Waals surface area contributed by atoms with Gasteiger partial charge in [0, 0.05) is 9.79 Å². The Morgan fingerprint density at radius 1 is 0.944 bits per heavy atom. The summed E-state index contributed by atoms with van der Waals surface area (Å²) < 4.78 is 25.8. The lowest BCUT2D eigenvalue weighted by atomic mass is 10.1. The maximum atomic E-state index is 13.0. The first-order valence-electron chi connectivity index (χ1n) is 5.47. The first-order valence-corrected chi connectivity index (χ1v) is 6.29. The normalized spacial score (nSPS) is 12.4. The van der Waals surface area contributed by atoms with Crippen LogP contribution in [0.15, 0.2) is 52.3 Å². The quantitative estimate of drug-likeness (QED) is 0.899. The number of rotatable bonds is 3. The van der Waals surface area contributed by atoms with Gasteiger partial charge in [0.05, 0.1) is 6.10 Å². The predicted octanol–water partition coefficient (Wildman–Crippen LogP) is 4.17. The standard InChI is InChI=1S/C14H12F2OS/c1-9(17)10-2-4-11(5-3-10)18-12-6-7-13(15)14(16)8-12/h2-9,17H,1H3/t9-/m1/s1. The topological polar surface area (TPSA) is 20.2 Å². The molecule has 1 atom stereocenters. The van der Waals surface area contributed by atoms with E-state index in [2.05, 4.69) is 0 Å². The zero-order valence-electron chi connectivity index (χ0n) is 9.73. The largest absolute Gasteiger partial charge is 0.389 e. The summed E-state index contributed by atoms with van der Waals surface area (Å²) in [7, 11) is 0. The van der Waals surface area contributed by atoms with Gasteiger partial charge in [-0.25, -0.2) is 8.78 Å². The van der Waals surface area contributed by atoms with Crippen LogP contribution in [-0.4, -0.2) is 5.11 Å². The van der Waals surface area contributed by atoms with Gasteiger partial charge in [-0.1, -0.05) is 23.9 Å². The molecule has 1 nitrogen and oxygen atoms in total. The lowest BCUT2D eigenvalue weighted by Crippen LogP contribution is -1.89. The molecule has 0 aliphatic rings. The summed E-state index contributed by atoms with van der Waals surface area (Å²) in [4.78, 5) is 1.55. The van der Waals surface area contributed by atoms with Crippen molar-refractivity contribution < 1.29 is 13.9 Å². The van der Waals surface area contributed by atoms with E-state index in [9.17, 15) is 13.9 Å². The Morgan fingerprint density at radius 3 is 2.11 bits per heavy atom. The van der Waals surface area contributed by atoms with Gasteiger partial charge in [-0.15, -0.1) is 0 Å². The second-order valence-corrected chi connectivity index (χ2v) is 5.07. The van der Waals surface area contributed by atoms with Gasteiger partial charge in [0.1, 0.15) is 0 Å². The van der Waals surface area contributed by atoms with Crippen molar-refractivity contribution in [1.82, 2.24) is 0 Å². The van der Waals surface area contributed by atoms with Gasteiger partial charge in [-0.2, -0.15) is 0 Å². The van der Waals surface area contributed by atoms with Crippen LogP contribution in [0.4, 0.5) is 8.78 Å². The van der Waals surface area contributed by atoms with E-state index >= 15 is 0 Å². The lowest BCUT2D eigenvalue weighted by molar-refractivity contribution is 0.199. The average Bonchev–Trinajstić information content (AvgIpc) is 2.34. The fourth-order valence-electron chi connectivity index (χ4n) is 1.49. The Bertz CT molecular complexity index is 538. The minimum atomic E-state index is -0.847. The van der Waals surface area contributed by atoms with Crippen LogP contribution >= 0.6 is 11.8 Å². The highest BCUT2D eigenvalue weighted by molar-refractivity contribution is 7.99. The molecule has 0 radical (unpaired) electrons. The molecule has 4 heteroatoms. The molecule has 0 unspecified atom stereocenters. The number of benzene rings is 2. The molecule has 0 amide bonds. The SMILES string of the molecule is C[C@@H](O)c1ccc(Sc2ccc(F)c(F)c2)cc1. The second kappa shape index (κ2) is 5.50. The Hall–Kier alpha value is -1.39. The molecule has 2 aromatic rings. The van der Waals surface area contributed by atoms with E-state index in [1.807, 2.05) is 24.3 Å². The number of hydrogen-bond donors (Lipinski definition) is 1. The summed E-state index contributed by atoms with van der Waals surface area (Å²) in [6.07, 6.45) is -0.507. The first kappa shape index (κ1) is 13.1. The van der Waals surface area contributed by atoms with Crippen LogP contribution in [0, 0.1) is 11.6 Å². The number of aliphatic hydroxyl groups is 1. The van der Waals surface area contributed by atoms with E-state index in [1.54, 1.807) is 6.92 Å². The van der Waals surface area contributed by atoms with Gasteiger partial charge in [0.15, 0.2) is 11.6 Å². The summed E-state index contributed by atoms with van der Waals surface area (Å²) in [5.41, 5.74) is 0.824. The van der Waals surface area contributed by atoms with Gasteiger partial charge in [0.25, 0.3) is 0 Å². The third kappa shape index (κ3) is 3.09. The smallest absolute Gasteiger partial charge is 0.159 e. The van der Waals surface area contributed by atoms with Crippen molar-refractivity contribution >= 4 is 11.8 Å². The highest BCUT2D eigenvalue weighted by Gasteiger charge is 2.05. The molecular weight excluding hydrogens is 254 g/mol. The van der Waals surface area contributed by atoms with Gasteiger partial charge in [-0.3, -0.25) is 0 Å². The van der Waals surface area contributed by atoms with Crippen molar-refractivity contribution in [1.29, 1.82) is 0 Å². The zero-order valence-corrected chi connectivity index (χ0v) is 10.5. The predicted molar refractivity (Wildman–Crippen MR) is 67.6 cm³/mol. The molecule has 0 aliphatic heterocycles. The Kier molecular flexibility index (Phi) is 3.99. The molecule has 0 bridgehead atoms. The molecule has 18 heavy (non-hydrogen) atoms. The van der Waals surface area contributed by atoms with Crippen LogP contribution in [0.3, 0.4) is 0 Å². The van der Waals surface area contributed by atoms with E-state index in [4.69, 9.17) is 0 Å².